The lowest BCUT2D eigenvalue weighted by Gasteiger charge is -2.11. The van der Waals surface area contributed by atoms with Crippen LogP contribution >= 0.6 is 0 Å². The molecule has 0 aromatic rings. The van der Waals surface area contributed by atoms with Crippen LogP contribution in [-0.2, 0) is 9.59 Å². The highest BCUT2D eigenvalue weighted by Crippen LogP contribution is 1.70. The summed E-state index contributed by atoms with van der Waals surface area (Å²) in [5.41, 5.74) is 0. The molecule has 1 saturated heterocycles. The van der Waals surface area contributed by atoms with Gasteiger partial charge in [-0.2, -0.15) is 0 Å². The van der Waals surface area contributed by atoms with E-state index in [0.29, 0.717) is 12.2 Å². The summed E-state index contributed by atoms with van der Waals surface area (Å²) < 4.78 is 0. The summed E-state index contributed by atoms with van der Waals surface area (Å²) in [6.07, 6.45) is 1.12. The normalized spacial score (nSPS) is 15.7. The Morgan fingerprint density at radius 1 is 0.857 bits per heavy atom. The van der Waals surface area contributed by atoms with E-state index in [4.69, 9.17) is 10.2 Å². The van der Waals surface area contributed by atoms with Crippen molar-refractivity contribution < 1.29 is 19.8 Å². The molecule has 1 rings (SSSR count). The molecule has 1 heterocycles. The molecular weight excluding hydrogens is 188 g/mol. The van der Waals surface area contributed by atoms with Crippen molar-refractivity contribution in [1.29, 1.82) is 0 Å². The zero-order chi connectivity index (χ0) is 10.8. The molecule has 0 atom stereocenters. The van der Waals surface area contributed by atoms with Gasteiger partial charge in [-0.3, -0.25) is 0 Å². The first kappa shape index (κ1) is 12.6. The van der Waals surface area contributed by atoms with Crippen molar-refractivity contribution in [2.24, 2.45) is 0 Å². The number of carboxylic acid groups (broad SMARTS) is 2. The number of rotatable bonds is 2. The minimum absolute atomic E-state index is 0.558. The third-order valence-electron chi connectivity index (χ3n) is 1.33. The fraction of sp³-hybridized carbons (Fsp3) is 0.500. The molecular formula is C8H14N2O4. The second kappa shape index (κ2) is 8.21. The van der Waals surface area contributed by atoms with Crippen LogP contribution in [0, 0.1) is 0 Å². The highest BCUT2D eigenvalue weighted by molar-refractivity contribution is 5.89. The maximum absolute atomic E-state index is 9.55. The first-order valence-electron chi connectivity index (χ1n) is 4.18. The van der Waals surface area contributed by atoms with Crippen molar-refractivity contribution in [3.05, 3.63) is 12.2 Å². The zero-order valence-electron chi connectivity index (χ0n) is 7.69. The third kappa shape index (κ3) is 10.6. The van der Waals surface area contributed by atoms with Crippen LogP contribution in [0.25, 0.3) is 0 Å². The molecule has 0 unspecified atom stereocenters. The van der Waals surface area contributed by atoms with Crippen LogP contribution in [0.3, 0.4) is 0 Å². The van der Waals surface area contributed by atoms with Gasteiger partial charge in [0.15, 0.2) is 0 Å². The van der Waals surface area contributed by atoms with E-state index in [2.05, 4.69) is 10.6 Å². The molecule has 80 valence electrons. The van der Waals surface area contributed by atoms with Crippen molar-refractivity contribution in [2.75, 3.05) is 26.2 Å². The fourth-order valence-electron chi connectivity index (χ4n) is 0.746. The van der Waals surface area contributed by atoms with Crippen LogP contribution in [0.4, 0.5) is 0 Å². The molecule has 1 fully saturated rings. The van der Waals surface area contributed by atoms with Gasteiger partial charge in [0.05, 0.1) is 0 Å². The van der Waals surface area contributed by atoms with E-state index < -0.39 is 11.9 Å². The van der Waals surface area contributed by atoms with Gasteiger partial charge in [-0.15, -0.1) is 0 Å². The zero-order valence-corrected chi connectivity index (χ0v) is 7.69. The topological polar surface area (TPSA) is 98.7 Å². The summed E-state index contributed by atoms with van der Waals surface area (Å²) in [4.78, 5) is 19.1. The Kier molecular flexibility index (Phi) is 7.39. The molecule has 0 aromatic heterocycles. The van der Waals surface area contributed by atoms with Gasteiger partial charge in [0, 0.05) is 38.3 Å². The second-order valence-electron chi connectivity index (χ2n) is 2.51. The molecule has 0 aromatic carbocycles. The monoisotopic (exact) mass is 202 g/mol. The Bertz CT molecular complexity index is 184. The molecule has 0 aliphatic carbocycles. The van der Waals surface area contributed by atoms with Crippen LogP contribution < -0.4 is 10.6 Å². The van der Waals surface area contributed by atoms with Gasteiger partial charge in [-0.25, -0.2) is 9.59 Å². The van der Waals surface area contributed by atoms with E-state index in [1.165, 1.54) is 0 Å². The summed E-state index contributed by atoms with van der Waals surface area (Å²) in [7, 11) is 0. The van der Waals surface area contributed by atoms with Crippen molar-refractivity contribution in [1.82, 2.24) is 10.6 Å². The van der Waals surface area contributed by atoms with E-state index in [1.807, 2.05) is 0 Å². The lowest BCUT2D eigenvalue weighted by Crippen LogP contribution is -2.39. The Hall–Kier alpha value is -1.40. The Balaban J connectivity index is 0.000000249. The summed E-state index contributed by atoms with van der Waals surface area (Å²) in [5.74, 6) is -2.51. The van der Waals surface area contributed by atoms with Crippen LogP contribution in [-0.4, -0.2) is 48.3 Å². The molecule has 0 radical (unpaired) electrons. The molecule has 1 aliphatic rings. The van der Waals surface area contributed by atoms with Crippen LogP contribution in [0.5, 0.6) is 0 Å². The molecule has 14 heavy (non-hydrogen) atoms. The quantitative estimate of drug-likeness (QED) is 0.424. The minimum Gasteiger partial charge on any atom is -0.478 e. The average molecular weight is 202 g/mol. The van der Waals surface area contributed by atoms with E-state index in [1.54, 1.807) is 0 Å². The Morgan fingerprint density at radius 2 is 1.14 bits per heavy atom. The lowest BCUT2D eigenvalue weighted by molar-refractivity contribution is -0.134. The van der Waals surface area contributed by atoms with Gasteiger partial charge in [0.25, 0.3) is 0 Å². The number of carbonyl (C=O) groups is 2. The molecule has 0 bridgehead atoms. The van der Waals surface area contributed by atoms with Crippen molar-refractivity contribution in [3.63, 3.8) is 0 Å². The predicted molar refractivity (Wildman–Crippen MR) is 50.2 cm³/mol. The Morgan fingerprint density at radius 3 is 1.29 bits per heavy atom. The van der Waals surface area contributed by atoms with Gasteiger partial charge in [-0.1, -0.05) is 0 Å². The minimum atomic E-state index is -1.26. The number of nitrogens with one attached hydrogen (secondary N) is 2. The standard InChI is InChI=1S/C4H10N2.C4H4O4/c1-2-6-4-3-5-1;5-3(6)1-2-4(7)8/h5-6H,1-4H2;1-2H,(H,5,6)(H,7,8)/b;2-1+. The maximum atomic E-state index is 9.55. The van der Waals surface area contributed by atoms with Gasteiger partial charge in [-0.05, 0) is 0 Å². The highest BCUT2D eigenvalue weighted by atomic mass is 16.4. The molecule has 0 spiro atoms. The second-order valence-corrected chi connectivity index (χ2v) is 2.51. The SMILES string of the molecule is C1CNCCN1.O=C(O)/C=C/C(=O)O. The maximum Gasteiger partial charge on any atom is 0.328 e. The summed E-state index contributed by atoms with van der Waals surface area (Å²) in [6, 6.07) is 0. The van der Waals surface area contributed by atoms with E-state index in [-0.39, 0.29) is 0 Å². The number of hydrogen-bond donors (Lipinski definition) is 4. The van der Waals surface area contributed by atoms with Gasteiger partial charge in [0.2, 0.25) is 0 Å². The molecule has 1 aliphatic heterocycles. The number of hydrogen-bond acceptors (Lipinski definition) is 4. The molecule has 6 nitrogen and oxygen atoms in total. The van der Waals surface area contributed by atoms with Gasteiger partial charge < -0.3 is 20.8 Å². The number of aliphatic carboxylic acids is 2. The summed E-state index contributed by atoms with van der Waals surface area (Å²) in [5, 5.41) is 22.1. The van der Waals surface area contributed by atoms with Crippen molar-refractivity contribution in [2.45, 2.75) is 0 Å². The molecule has 0 saturated carbocycles. The average Bonchev–Trinajstić information content (AvgIpc) is 2.18. The van der Waals surface area contributed by atoms with Crippen LogP contribution in [0.2, 0.25) is 0 Å². The fourth-order valence-corrected chi connectivity index (χ4v) is 0.746. The molecule has 6 heteroatoms. The van der Waals surface area contributed by atoms with E-state index >= 15 is 0 Å². The Labute approximate surface area is 81.6 Å². The lowest BCUT2D eigenvalue weighted by atomic mass is 10.4. The van der Waals surface area contributed by atoms with E-state index in [0.717, 1.165) is 26.2 Å². The van der Waals surface area contributed by atoms with Gasteiger partial charge >= 0.3 is 11.9 Å². The van der Waals surface area contributed by atoms with Crippen LogP contribution in [0.15, 0.2) is 12.2 Å². The van der Waals surface area contributed by atoms with Crippen LogP contribution in [0.1, 0.15) is 0 Å². The number of carboxylic acids is 2. The van der Waals surface area contributed by atoms with E-state index in [9.17, 15) is 9.59 Å². The predicted octanol–water partition coefficient (Wildman–Crippen LogP) is -1.11. The highest BCUT2D eigenvalue weighted by Gasteiger charge is 1.91. The number of piperazine rings is 1. The largest absolute Gasteiger partial charge is 0.478 e. The van der Waals surface area contributed by atoms with Crippen molar-refractivity contribution in [3.8, 4) is 0 Å². The van der Waals surface area contributed by atoms with Gasteiger partial charge in [0.1, 0.15) is 0 Å². The summed E-state index contributed by atoms with van der Waals surface area (Å²) >= 11 is 0. The smallest absolute Gasteiger partial charge is 0.328 e. The first-order chi connectivity index (χ1) is 6.63. The third-order valence-corrected chi connectivity index (χ3v) is 1.33. The summed E-state index contributed by atoms with van der Waals surface area (Å²) in [6.45, 7) is 4.56. The molecule has 4 N–H and O–H groups in total. The first-order valence-corrected chi connectivity index (χ1v) is 4.18. The molecule has 0 amide bonds. The van der Waals surface area contributed by atoms with Crippen molar-refractivity contribution >= 4 is 11.9 Å².